The predicted molar refractivity (Wildman–Crippen MR) is 150 cm³/mol. The number of amides is 1. The van der Waals surface area contributed by atoms with E-state index in [0.717, 1.165) is 42.5 Å². The van der Waals surface area contributed by atoms with Crippen molar-refractivity contribution in [1.82, 2.24) is 39.6 Å². The summed E-state index contributed by atoms with van der Waals surface area (Å²) in [5.74, 6) is -0.306. The van der Waals surface area contributed by atoms with Crippen LogP contribution in [-0.4, -0.2) is 70.4 Å². The lowest BCUT2D eigenvalue weighted by molar-refractivity contribution is 0.0513. The van der Waals surface area contributed by atoms with Gasteiger partial charge in [0, 0.05) is 36.7 Å². The van der Waals surface area contributed by atoms with Crippen molar-refractivity contribution >= 4 is 17.1 Å². The molecule has 0 bridgehead atoms. The van der Waals surface area contributed by atoms with Crippen molar-refractivity contribution in [2.24, 2.45) is 0 Å². The minimum absolute atomic E-state index is 0.171. The number of ether oxygens (including phenoxy) is 1. The van der Waals surface area contributed by atoms with Gasteiger partial charge in [0.2, 0.25) is 5.82 Å². The second kappa shape index (κ2) is 10.4. The van der Waals surface area contributed by atoms with E-state index in [0.29, 0.717) is 34.8 Å². The summed E-state index contributed by atoms with van der Waals surface area (Å²) in [6.45, 7) is 2.27. The minimum atomic E-state index is -0.668. The zero-order chi connectivity index (χ0) is 29.0. The number of aryl methyl sites for hydroxylation is 1. The van der Waals surface area contributed by atoms with E-state index in [1.165, 1.54) is 17.1 Å². The van der Waals surface area contributed by atoms with Gasteiger partial charge in [0.15, 0.2) is 0 Å². The van der Waals surface area contributed by atoms with Crippen LogP contribution in [0.5, 0.6) is 0 Å². The fraction of sp³-hybridized carbons (Fsp3) is 0.379. The Morgan fingerprint density at radius 1 is 1.19 bits per heavy atom. The van der Waals surface area contributed by atoms with Crippen LogP contribution in [0.1, 0.15) is 59.3 Å². The van der Waals surface area contributed by atoms with Gasteiger partial charge in [-0.05, 0) is 73.2 Å². The molecule has 42 heavy (non-hydrogen) atoms. The van der Waals surface area contributed by atoms with Gasteiger partial charge in [0.1, 0.15) is 5.82 Å². The van der Waals surface area contributed by atoms with Crippen LogP contribution in [0.4, 0.5) is 10.1 Å². The van der Waals surface area contributed by atoms with Crippen molar-refractivity contribution in [2.75, 3.05) is 19.0 Å². The van der Waals surface area contributed by atoms with Crippen molar-refractivity contribution in [3.05, 3.63) is 65.5 Å². The molecule has 7 rings (SSSR count). The summed E-state index contributed by atoms with van der Waals surface area (Å²) in [5, 5.41) is 34.7. The molecule has 2 fully saturated rings. The summed E-state index contributed by atoms with van der Waals surface area (Å²) in [5.41, 5.74) is 5.01. The Morgan fingerprint density at radius 2 is 2.02 bits per heavy atom. The number of methoxy groups -OCH3 is 1. The number of nitrogens with zero attached hydrogens (tertiary/aromatic N) is 8. The van der Waals surface area contributed by atoms with E-state index >= 15 is 0 Å². The van der Waals surface area contributed by atoms with Crippen LogP contribution < -0.4 is 5.32 Å². The number of pyridine rings is 1. The molecule has 0 aliphatic heterocycles. The Labute approximate surface area is 240 Å². The maximum atomic E-state index is 14.9. The van der Waals surface area contributed by atoms with E-state index in [1.807, 2.05) is 24.5 Å². The molecule has 1 aromatic carbocycles. The number of hydrogen-bond acceptors (Lipinski definition) is 8. The number of anilines is 1. The first-order valence-corrected chi connectivity index (χ1v) is 14.0. The lowest BCUT2D eigenvalue weighted by Crippen LogP contribution is -2.21. The Morgan fingerprint density at radius 3 is 2.79 bits per heavy atom. The smallest absolute Gasteiger partial charge is 0.259 e. The predicted octanol–water partition coefficient (Wildman–Crippen LogP) is 3.77. The molecule has 216 valence electrons. The number of nitrogens with one attached hydrogen (secondary N) is 1. The largest absolute Gasteiger partial charge is 0.389 e. The summed E-state index contributed by atoms with van der Waals surface area (Å²) < 4.78 is 23.4. The highest BCUT2D eigenvalue weighted by Gasteiger charge is 2.30. The first kappa shape index (κ1) is 26.4. The molecule has 13 heteroatoms. The first-order valence-electron chi connectivity index (χ1n) is 14.0. The molecule has 12 nitrogen and oxygen atoms in total. The molecule has 0 saturated heterocycles. The molecule has 5 aromatic rings. The third kappa shape index (κ3) is 5.05. The van der Waals surface area contributed by atoms with Crippen LogP contribution >= 0.6 is 0 Å². The molecule has 2 N–H and O–H groups in total. The number of rotatable bonds is 10. The number of aliphatic hydroxyl groups excluding tert-OH is 1. The van der Waals surface area contributed by atoms with Gasteiger partial charge >= 0.3 is 0 Å². The summed E-state index contributed by atoms with van der Waals surface area (Å²) in [6, 6.07) is 6.99. The Kier molecular flexibility index (Phi) is 6.54. The summed E-state index contributed by atoms with van der Waals surface area (Å²) in [7, 11) is 1.55. The normalized spacial score (nSPS) is 15.8. The highest BCUT2D eigenvalue weighted by molar-refractivity contribution is 6.09. The zero-order valence-electron chi connectivity index (χ0n) is 23.2. The van der Waals surface area contributed by atoms with Gasteiger partial charge in [-0.3, -0.25) is 9.48 Å². The van der Waals surface area contributed by atoms with Gasteiger partial charge in [-0.2, -0.15) is 15.0 Å². The molecule has 2 aliphatic rings. The SMILES string of the molecule is COC[C@@H](O)Cn1cc(-c2ccn3ncc(C(=O)Nc4cc(-c5nnn(C6CC6)n5)c(F)cc4C)c3c2)c(C2CC2)n1. The number of halogens is 1. The number of aromatic nitrogens is 8. The van der Waals surface area contributed by atoms with Crippen LogP contribution in [0, 0.1) is 12.7 Å². The molecule has 1 amide bonds. The van der Waals surface area contributed by atoms with Crippen molar-refractivity contribution < 1.29 is 19.0 Å². The van der Waals surface area contributed by atoms with E-state index in [-0.39, 0.29) is 29.9 Å². The van der Waals surface area contributed by atoms with Crippen molar-refractivity contribution in [1.29, 1.82) is 0 Å². The van der Waals surface area contributed by atoms with Gasteiger partial charge in [0.25, 0.3) is 5.91 Å². The monoisotopic (exact) mass is 571 g/mol. The lowest BCUT2D eigenvalue weighted by atomic mass is 10.0. The van der Waals surface area contributed by atoms with Crippen LogP contribution in [0.2, 0.25) is 0 Å². The Hall–Kier alpha value is -4.49. The van der Waals surface area contributed by atoms with Crippen LogP contribution in [0.3, 0.4) is 0 Å². The van der Waals surface area contributed by atoms with E-state index in [2.05, 4.69) is 25.8 Å². The average molecular weight is 572 g/mol. The molecule has 2 saturated carbocycles. The third-order valence-corrected chi connectivity index (χ3v) is 7.69. The second-order valence-electron chi connectivity index (χ2n) is 11.1. The molecule has 4 heterocycles. The summed E-state index contributed by atoms with van der Waals surface area (Å²) >= 11 is 0. The number of hydrogen-bond donors (Lipinski definition) is 2. The molecule has 1 atom stereocenters. The number of fused-ring (bicyclic) bond motifs is 1. The number of aliphatic hydroxyl groups is 1. The van der Waals surface area contributed by atoms with Crippen LogP contribution in [0.25, 0.3) is 28.0 Å². The average Bonchev–Trinajstić information content (AvgIpc) is 3.87. The van der Waals surface area contributed by atoms with Gasteiger partial charge in [-0.1, -0.05) is 0 Å². The summed E-state index contributed by atoms with van der Waals surface area (Å²) in [4.78, 5) is 15.1. The van der Waals surface area contributed by atoms with Crippen molar-refractivity contribution in [2.45, 2.75) is 57.2 Å². The zero-order valence-corrected chi connectivity index (χ0v) is 23.2. The fourth-order valence-corrected chi connectivity index (χ4v) is 5.16. The van der Waals surface area contributed by atoms with E-state index in [1.54, 1.807) is 29.3 Å². The lowest BCUT2D eigenvalue weighted by Gasteiger charge is -2.10. The fourth-order valence-electron chi connectivity index (χ4n) is 5.16. The minimum Gasteiger partial charge on any atom is -0.389 e. The first-order chi connectivity index (χ1) is 20.4. The quantitative estimate of drug-likeness (QED) is 0.259. The van der Waals surface area contributed by atoms with E-state index in [4.69, 9.17) is 9.84 Å². The number of benzene rings is 1. The molecular weight excluding hydrogens is 541 g/mol. The van der Waals surface area contributed by atoms with Gasteiger partial charge in [-0.15, -0.1) is 10.2 Å². The van der Waals surface area contributed by atoms with E-state index in [9.17, 15) is 14.3 Å². The van der Waals surface area contributed by atoms with E-state index < -0.39 is 11.9 Å². The third-order valence-electron chi connectivity index (χ3n) is 7.69. The number of carbonyl (C=O) groups is 1. The Balaban J connectivity index is 1.18. The maximum absolute atomic E-state index is 14.9. The molecular formula is C29H30FN9O3. The van der Waals surface area contributed by atoms with Gasteiger partial charge in [-0.25, -0.2) is 8.91 Å². The highest BCUT2D eigenvalue weighted by atomic mass is 19.1. The molecule has 2 aliphatic carbocycles. The number of tetrazole rings is 1. The van der Waals surface area contributed by atoms with Crippen LogP contribution in [0.15, 0.2) is 42.9 Å². The molecule has 0 spiro atoms. The highest BCUT2D eigenvalue weighted by Crippen LogP contribution is 2.44. The molecule has 4 aromatic heterocycles. The van der Waals surface area contributed by atoms with Gasteiger partial charge in [0.05, 0.1) is 53.8 Å². The van der Waals surface area contributed by atoms with Gasteiger partial charge < -0.3 is 15.2 Å². The Bertz CT molecular complexity index is 1800. The van der Waals surface area contributed by atoms with Crippen molar-refractivity contribution in [3.63, 3.8) is 0 Å². The molecule has 0 unspecified atom stereocenters. The second-order valence-corrected chi connectivity index (χ2v) is 11.1. The maximum Gasteiger partial charge on any atom is 0.259 e. The number of carbonyl (C=O) groups excluding carboxylic acids is 1. The standard InChI is InChI=1S/C29H30FN9O3/c1-16-9-24(30)21(28-33-36-39(35-28)19-5-6-19)11-25(16)32-29(41)22-12-31-38-8-7-18(10-26(22)38)23-14-37(13-20(40)15-42-2)34-27(23)17-3-4-17/h7-12,14,17,19-20,40H,3-6,13,15H2,1-2H3,(H,32,41)/t20-/m0/s1. The molecule has 0 radical (unpaired) electrons. The van der Waals surface area contributed by atoms with Crippen LogP contribution in [-0.2, 0) is 11.3 Å². The summed E-state index contributed by atoms with van der Waals surface area (Å²) in [6.07, 6.45) is 8.70. The van der Waals surface area contributed by atoms with Crippen molar-refractivity contribution in [3.8, 4) is 22.5 Å². The topological polar surface area (TPSA) is 137 Å².